The van der Waals surface area contributed by atoms with Crippen LogP contribution in [0.5, 0.6) is 11.5 Å². The lowest BCUT2D eigenvalue weighted by molar-refractivity contribution is -0.121. The van der Waals surface area contributed by atoms with Gasteiger partial charge in [0.15, 0.2) is 0 Å². The van der Waals surface area contributed by atoms with Gasteiger partial charge < -0.3 is 19.2 Å². The minimum absolute atomic E-state index is 0.0592. The number of amides is 1. The van der Waals surface area contributed by atoms with E-state index < -0.39 is 0 Å². The molecule has 0 fully saturated rings. The van der Waals surface area contributed by atoms with Crippen molar-refractivity contribution in [1.29, 1.82) is 0 Å². The van der Waals surface area contributed by atoms with Gasteiger partial charge in [0.2, 0.25) is 5.91 Å². The van der Waals surface area contributed by atoms with Crippen LogP contribution in [-0.2, 0) is 11.2 Å². The standard InChI is InChI=1S/C26H25NO4/c1-29-21-14-18(15-22(17-21)30-2)12-13-25(28)27-26(19-8-4-3-5-9-19)24-16-20-10-6-7-11-23(20)31-24/h3-11,14-17,26H,12-13H2,1-2H3,(H,27,28). The van der Waals surface area contributed by atoms with Crippen LogP contribution in [0.15, 0.2) is 83.3 Å². The molecule has 0 aliphatic carbocycles. The second-order valence-electron chi connectivity index (χ2n) is 7.32. The van der Waals surface area contributed by atoms with Crippen LogP contribution in [0.2, 0.25) is 0 Å². The quantitative estimate of drug-likeness (QED) is 0.425. The largest absolute Gasteiger partial charge is 0.497 e. The molecule has 0 saturated carbocycles. The van der Waals surface area contributed by atoms with E-state index in [1.807, 2.05) is 78.9 Å². The van der Waals surface area contributed by atoms with Crippen LogP contribution in [0, 0.1) is 0 Å². The predicted octanol–water partition coefficient (Wildman–Crippen LogP) is 5.29. The molecule has 158 valence electrons. The van der Waals surface area contributed by atoms with Crippen molar-refractivity contribution >= 4 is 16.9 Å². The molecule has 0 radical (unpaired) electrons. The molecule has 0 saturated heterocycles. The Balaban J connectivity index is 1.53. The summed E-state index contributed by atoms with van der Waals surface area (Å²) >= 11 is 0. The van der Waals surface area contributed by atoms with Crippen molar-refractivity contribution in [2.75, 3.05) is 14.2 Å². The number of carbonyl (C=O) groups is 1. The smallest absolute Gasteiger partial charge is 0.221 e. The summed E-state index contributed by atoms with van der Waals surface area (Å²) in [6.45, 7) is 0. The molecule has 0 aliphatic heterocycles. The molecule has 0 bridgehead atoms. The van der Waals surface area contributed by atoms with E-state index >= 15 is 0 Å². The van der Waals surface area contributed by atoms with Crippen molar-refractivity contribution < 1.29 is 18.7 Å². The SMILES string of the molecule is COc1cc(CCC(=O)NC(c2ccccc2)c2cc3ccccc3o2)cc(OC)c1. The Morgan fingerprint density at radius 1 is 0.903 bits per heavy atom. The highest BCUT2D eigenvalue weighted by molar-refractivity contribution is 5.80. The number of benzene rings is 3. The zero-order valence-electron chi connectivity index (χ0n) is 17.6. The zero-order valence-corrected chi connectivity index (χ0v) is 17.6. The number of aryl methyl sites for hydroxylation is 1. The third-order valence-corrected chi connectivity index (χ3v) is 5.22. The van der Waals surface area contributed by atoms with Gasteiger partial charge in [0.05, 0.1) is 14.2 Å². The predicted molar refractivity (Wildman–Crippen MR) is 121 cm³/mol. The fourth-order valence-corrected chi connectivity index (χ4v) is 3.61. The van der Waals surface area contributed by atoms with Crippen molar-refractivity contribution in [1.82, 2.24) is 5.32 Å². The maximum Gasteiger partial charge on any atom is 0.221 e. The van der Waals surface area contributed by atoms with Crippen molar-refractivity contribution in [3.8, 4) is 11.5 Å². The summed E-state index contributed by atoms with van der Waals surface area (Å²) < 4.78 is 16.7. The Bertz CT molecular complexity index is 1110. The lowest BCUT2D eigenvalue weighted by atomic mass is 10.0. The second kappa shape index (κ2) is 9.39. The van der Waals surface area contributed by atoms with Crippen LogP contribution in [0.4, 0.5) is 0 Å². The normalized spacial score (nSPS) is 11.8. The van der Waals surface area contributed by atoms with Gasteiger partial charge in [-0.15, -0.1) is 0 Å². The highest BCUT2D eigenvalue weighted by atomic mass is 16.5. The van der Waals surface area contributed by atoms with Gasteiger partial charge in [-0.25, -0.2) is 0 Å². The van der Waals surface area contributed by atoms with E-state index in [4.69, 9.17) is 13.9 Å². The van der Waals surface area contributed by atoms with Crippen LogP contribution in [-0.4, -0.2) is 20.1 Å². The average Bonchev–Trinajstić information content (AvgIpc) is 3.25. The van der Waals surface area contributed by atoms with E-state index in [2.05, 4.69) is 5.32 Å². The molecule has 5 heteroatoms. The number of para-hydroxylation sites is 1. The molecule has 1 aromatic heterocycles. The molecule has 4 aromatic rings. The summed E-state index contributed by atoms with van der Waals surface area (Å²) in [5, 5.41) is 4.15. The van der Waals surface area contributed by atoms with Crippen molar-refractivity contribution in [2.24, 2.45) is 0 Å². The highest BCUT2D eigenvalue weighted by Gasteiger charge is 2.21. The van der Waals surface area contributed by atoms with Gasteiger partial charge in [-0.05, 0) is 41.8 Å². The summed E-state index contributed by atoms with van der Waals surface area (Å²) in [7, 11) is 3.23. The van der Waals surface area contributed by atoms with E-state index in [9.17, 15) is 4.79 Å². The number of hydrogen-bond donors (Lipinski definition) is 1. The van der Waals surface area contributed by atoms with Gasteiger partial charge in [-0.1, -0.05) is 48.5 Å². The second-order valence-corrected chi connectivity index (χ2v) is 7.32. The molecule has 1 heterocycles. The minimum Gasteiger partial charge on any atom is -0.497 e. The number of nitrogens with one attached hydrogen (secondary N) is 1. The lowest BCUT2D eigenvalue weighted by Gasteiger charge is -2.17. The first-order valence-corrected chi connectivity index (χ1v) is 10.2. The number of fused-ring (bicyclic) bond motifs is 1. The van der Waals surface area contributed by atoms with Crippen LogP contribution < -0.4 is 14.8 Å². The summed E-state index contributed by atoms with van der Waals surface area (Å²) in [4.78, 5) is 12.9. The monoisotopic (exact) mass is 415 g/mol. The third kappa shape index (κ3) is 4.89. The Morgan fingerprint density at radius 3 is 2.26 bits per heavy atom. The Hall–Kier alpha value is -3.73. The van der Waals surface area contributed by atoms with Crippen LogP contribution in [0.1, 0.15) is 29.3 Å². The molecule has 0 aliphatic rings. The topological polar surface area (TPSA) is 60.7 Å². The summed E-state index contributed by atoms with van der Waals surface area (Å²) in [6, 6.07) is 25.0. The molecule has 0 spiro atoms. The Morgan fingerprint density at radius 2 is 1.58 bits per heavy atom. The molecule has 1 amide bonds. The molecule has 1 N–H and O–H groups in total. The van der Waals surface area contributed by atoms with E-state index in [1.165, 1.54) is 0 Å². The van der Waals surface area contributed by atoms with Gasteiger partial charge >= 0.3 is 0 Å². The van der Waals surface area contributed by atoms with Crippen LogP contribution in [0.3, 0.4) is 0 Å². The fraction of sp³-hybridized carbons (Fsp3) is 0.192. The minimum atomic E-state index is -0.360. The molecular weight excluding hydrogens is 390 g/mol. The number of ether oxygens (including phenoxy) is 2. The number of furan rings is 1. The Labute approximate surface area is 181 Å². The number of methoxy groups -OCH3 is 2. The van der Waals surface area contributed by atoms with Crippen LogP contribution in [0.25, 0.3) is 11.0 Å². The molecule has 4 rings (SSSR count). The van der Waals surface area contributed by atoms with Crippen molar-refractivity contribution in [2.45, 2.75) is 18.9 Å². The van der Waals surface area contributed by atoms with E-state index in [-0.39, 0.29) is 11.9 Å². The van der Waals surface area contributed by atoms with Gasteiger partial charge in [-0.3, -0.25) is 4.79 Å². The van der Waals surface area contributed by atoms with Gasteiger partial charge in [0.1, 0.15) is 28.9 Å². The lowest BCUT2D eigenvalue weighted by Crippen LogP contribution is -2.29. The van der Waals surface area contributed by atoms with Gasteiger partial charge in [-0.2, -0.15) is 0 Å². The first kappa shape index (κ1) is 20.5. The number of carbonyl (C=O) groups excluding carboxylic acids is 1. The third-order valence-electron chi connectivity index (χ3n) is 5.22. The number of hydrogen-bond acceptors (Lipinski definition) is 4. The molecular formula is C26H25NO4. The van der Waals surface area contributed by atoms with Gasteiger partial charge in [0, 0.05) is 17.9 Å². The molecule has 1 unspecified atom stereocenters. The first-order valence-electron chi connectivity index (χ1n) is 10.2. The molecule has 1 atom stereocenters. The van der Waals surface area contributed by atoms with Crippen molar-refractivity contribution in [3.05, 3.63) is 95.7 Å². The maximum atomic E-state index is 12.9. The van der Waals surface area contributed by atoms with Crippen LogP contribution >= 0.6 is 0 Å². The van der Waals surface area contributed by atoms with E-state index in [1.54, 1.807) is 14.2 Å². The molecule has 3 aromatic carbocycles. The van der Waals surface area contributed by atoms with Crippen molar-refractivity contribution in [3.63, 3.8) is 0 Å². The number of rotatable bonds is 8. The van der Waals surface area contributed by atoms with Gasteiger partial charge in [0.25, 0.3) is 0 Å². The molecule has 5 nitrogen and oxygen atoms in total. The summed E-state index contributed by atoms with van der Waals surface area (Å²) in [6.07, 6.45) is 0.904. The molecule has 31 heavy (non-hydrogen) atoms. The maximum absolute atomic E-state index is 12.9. The summed E-state index contributed by atoms with van der Waals surface area (Å²) in [5.41, 5.74) is 2.75. The fourth-order valence-electron chi connectivity index (χ4n) is 3.61. The van der Waals surface area contributed by atoms with E-state index in [0.29, 0.717) is 30.1 Å². The Kier molecular flexibility index (Phi) is 6.22. The average molecular weight is 415 g/mol. The zero-order chi connectivity index (χ0) is 21.6. The van der Waals surface area contributed by atoms with E-state index in [0.717, 1.165) is 22.1 Å². The highest BCUT2D eigenvalue weighted by Crippen LogP contribution is 2.29. The first-order chi connectivity index (χ1) is 15.2. The summed E-state index contributed by atoms with van der Waals surface area (Å²) in [5.74, 6) is 2.07.